The molecule has 1 aromatic heterocycles. The summed E-state index contributed by atoms with van der Waals surface area (Å²) < 4.78 is 39.5. The van der Waals surface area contributed by atoms with Gasteiger partial charge in [0, 0.05) is 13.0 Å². The molecule has 136 valence electrons. The Morgan fingerprint density at radius 3 is 2.56 bits per heavy atom. The standard InChI is InChI=1S/C16H17F3N2O2S2/c17-16(18,19)10-8-11(14-12(9-10)24-15(23)25-14)20-13(22)4-7-21-5-2-1-3-6-21/h8-9H,1-7H2,(H,20,22). The van der Waals surface area contributed by atoms with Gasteiger partial charge in [-0.05, 0) is 38.1 Å². The van der Waals surface area contributed by atoms with Gasteiger partial charge in [0.25, 0.3) is 4.06 Å². The first-order valence-corrected chi connectivity index (χ1v) is 9.63. The van der Waals surface area contributed by atoms with Gasteiger partial charge in [-0.1, -0.05) is 29.1 Å². The fourth-order valence-corrected chi connectivity index (χ4v) is 4.94. The van der Waals surface area contributed by atoms with E-state index in [2.05, 4.69) is 10.2 Å². The number of carbonyl (C=O) groups excluding carboxylic acids is 1. The summed E-state index contributed by atoms with van der Waals surface area (Å²) in [6.45, 7) is 2.49. The van der Waals surface area contributed by atoms with E-state index in [4.69, 9.17) is 0 Å². The highest BCUT2D eigenvalue weighted by atomic mass is 32.2. The molecule has 4 nitrogen and oxygen atoms in total. The van der Waals surface area contributed by atoms with Crippen molar-refractivity contribution < 1.29 is 18.0 Å². The van der Waals surface area contributed by atoms with Gasteiger partial charge in [0.05, 0.1) is 20.7 Å². The summed E-state index contributed by atoms with van der Waals surface area (Å²) in [7, 11) is 0. The summed E-state index contributed by atoms with van der Waals surface area (Å²) in [6, 6.07) is 1.87. The number of carbonyl (C=O) groups is 1. The third-order valence-electron chi connectivity index (χ3n) is 4.14. The SMILES string of the molecule is O=C(CCN1CCCCC1)Nc1cc(C(F)(F)F)cc2sc(=O)sc12. The molecule has 2 aromatic rings. The van der Waals surface area contributed by atoms with Gasteiger partial charge in [0.1, 0.15) is 0 Å². The van der Waals surface area contributed by atoms with Crippen molar-refractivity contribution in [2.45, 2.75) is 31.9 Å². The zero-order valence-electron chi connectivity index (χ0n) is 13.3. The van der Waals surface area contributed by atoms with Gasteiger partial charge in [0.15, 0.2) is 0 Å². The molecule has 1 amide bonds. The van der Waals surface area contributed by atoms with Crippen LogP contribution in [0.3, 0.4) is 0 Å². The third kappa shape index (κ3) is 4.59. The van der Waals surface area contributed by atoms with Gasteiger partial charge >= 0.3 is 6.18 Å². The van der Waals surface area contributed by atoms with Crippen LogP contribution >= 0.6 is 22.7 Å². The van der Waals surface area contributed by atoms with Crippen molar-refractivity contribution in [1.29, 1.82) is 0 Å². The summed E-state index contributed by atoms with van der Waals surface area (Å²) in [5.41, 5.74) is -0.794. The molecule has 2 heterocycles. The number of rotatable bonds is 4. The van der Waals surface area contributed by atoms with E-state index in [-0.39, 0.29) is 26.8 Å². The summed E-state index contributed by atoms with van der Waals surface area (Å²) >= 11 is 1.62. The van der Waals surface area contributed by atoms with E-state index >= 15 is 0 Å². The Balaban J connectivity index is 1.77. The Hall–Kier alpha value is -1.45. The van der Waals surface area contributed by atoms with E-state index in [0.29, 0.717) is 11.2 Å². The number of fused-ring (bicyclic) bond motifs is 1. The van der Waals surface area contributed by atoms with Gasteiger partial charge in [0.2, 0.25) is 5.91 Å². The lowest BCUT2D eigenvalue weighted by atomic mass is 10.1. The second-order valence-electron chi connectivity index (χ2n) is 6.00. The number of piperidine rings is 1. The monoisotopic (exact) mass is 390 g/mol. The van der Waals surface area contributed by atoms with E-state index in [1.54, 1.807) is 0 Å². The summed E-state index contributed by atoms with van der Waals surface area (Å²) in [6.07, 6.45) is -0.893. The maximum Gasteiger partial charge on any atom is 0.416 e. The molecular formula is C16H17F3N2O2S2. The molecule has 1 aliphatic heterocycles. The smallest absolute Gasteiger partial charge is 0.325 e. The topological polar surface area (TPSA) is 49.4 Å². The highest BCUT2D eigenvalue weighted by Gasteiger charge is 2.32. The molecule has 0 bridgehead atoms. The summed E-state index contributed by atoms with van der Waals surface area (Å²) in [5, 5.41) is 2.56. The molecule has 1 aliphatic rings. The Labute approximate surface area is 150 Å². The Bertz CT molecular complexity index is 823. The van der Waals surface area contributed by atoms with Crippen molar-refractivity contribution in [2.24, 2.45) is 0 Å². The Morgan fingerprint density at radius 2 is 1.88 bits per heavy atom. The normalized spacial score (nSPS) is 16.3. The molecule has 1 N–H and O–H groups in total. The summed E-state index contributed by atoms with van der Waals surface area (Å²) in [5.74, 6) is -0.336. The molecule has 1 saturated heterocycles. The van der Waals surface area contributed by atoms with Crippen molar-refractivity contribution in [2.75, 3.05) is 25.0 Å². The average Bonchev–Trinajstić information content (AvgIpc) is 2.94. The van der Waals surface area contributed by atoms with Gasteiger partial charge < -0.3 is 10.2 Å². The zero-order chi connectivity index (χ0) is 18.0. The van der Waals surface area contributed by atoms with Crippen molar-refractivity contribution >= 4 is 43.7 Å². The number of halogens is 3. The van der Waals surface area contributed by atoms with Crippen molar-refractivity contribution in [3.63, 3.8) is 0 Å². The maximum absolute atomic E-state index is 13.0. The van der Waals surface area contributed by atoms with Crippen LogP contribution in [0, 0.1) is 0 Å². The average molecular weight is 390 g/mol. The molecule has 0 saturated carbocycles. The molecular weight excluding hydrogens is 373 g/mol. The molecule has 25 heavy (non-hydrogen) atoms. The van der Waals surface area contributed by atoms with E-state index in [9.17, 15) is 22.8 Å². The number of nitrogens with zero attached hydrogens (tertiary/aromatic N) is 1. The highest BCUT2D eigenvalue weighted by Crippen LogP contribution is 2.37. The van der Waals surface area contributed by atoms with Crippen LogP contribution in [0.1, 0.15) is 31.2 Å². The largest absolute Gasteiger partial charge is 0.416 e. The minimum atomic E-state index is -4.53. The molecule has 3 rings (SSSR count). The van der Waals surface area contributed by atoms with Gasteiger partial charge in [-0.25, -0.2) is 0 Å². The highest BCUT2D eigenvalue weighted by molar-refractivity contribution is 7.36. The van der Waals surface area contributed by atoms with E-state index in [0.717, 1.165) is 60.7 Å². The second-order valence-corrected chi connectivity index (χ2v) is 8.26. The molecule has 0 radical (unpaired) electrons. The molecule has 0 unspecified atom stereocenters. The minimum Gasteiger partial charge on any atom is -0.325 e. The predicted molar refractivity (Wildman–Crippen MR) is 94.5 cm³/mol. The number of hydrogen-bond donors (Lipinski definition) is 1. The molecule has 0 atom stereocenters. The van der Waals surface area contributed by atoms with Crippen LogP contribution in [0.15, 0.2) is 16.9 Å². The number of alkyl halides is 3. The molecule has 1 fully saturated rings. The Kier molecular flexibility index (Phi) is 5.45. The number of nitrogens with one attached hydrogen (secondary N) is 1. The predicted octanol–water partition coefficient (Wildman–Crippen LogP) is 4.16. The van der Waals surface area contributed by atoms with Gasteiger partial charge in [-0.15, -0.1) is 0 Å². The first-order valence-electron chi connectivity index (χ1n) is 8.00. The number of anilines is 1. The fraction of sp³-hybridized carbons (Fsp3) is 0.500. The number of amides is 1. The molecule has 1 aromatic carbocycles. The van der Waals surface area contributed by atoms with Crippen LogP contribution in [0.5, 0.6) is 0 Å². The maximum atomic E-state index is 13.0. The van der Waals surface area contributed by atoms with Crippen LogP contribution in [0.2, 0.25) is 0 Å². The number of likely N-dealkylation sites (tertiary alicyclic amines) is 1. The van der Waals surface area contributed by atoms with Crippen molar-refractivity contribution in [1.82, 2.24) is 4.90 Å². The lowest BCUT2D eigenvalue weighted by molar-refractivity contribution is -0.137. The van der Waals surface area contributed by atoms with Crippen molar-refractivity contribution in [3.8, 4) is 0 Å². The van der Waals surface area contributed by atoms with Gasteiger partial charge in [-0.3, -0.25) is 9.59 Å². The van der Waals surface area contributed by atoms with Crippen LogP contribution < -0.4 is 9.37 Å². The first-order chi connectivity index (χ1) is 11.8. The van der Waals surface area contributed by atoms with Crippen LogP contribution in [0.25, 0.3) is 9.40 Å². The number of benzene rings is 1. The lowest BCUT2D eigenvalue weighted by Gasteiger charge is -2.26. The van der Waals surface area contributed by atoms with E-state index in [1.165, 1.54) is 6.42 Å². The number of hydrogen-bond acceptors (Lipinski definition) is 5. The fourth-order valence-electron chi connectivity index (χ4n) is 2.89. The van der Waals surface area contributed by atoms with E-state index < -0.39 is 11.7 Å². The Morgan fingerprint density at radius 1 is 1.16 bits per heavy atom. The minimum absolute atomic E-state index is 0.0665. The van der Waals surface area contributed by atoms with Gasteiger partial charge in [-0.2, -0.15) is 13.2 Å². The molecule has 0 spiro atoms. The molecule has 9 heteroatoms. The third-order valence-corrected chi connectivity index (χ3v) is 6.29. The lowest BCUT2D eigenvalue weighted by Crippen LogP contribution is -2.32. The van der Waals surface area contributed by atoms with E-state index in [1.807, 2.05) is 0 Å². The summed E-state index contributed by atoms with van der Waals surface area (Å²) in [4.78, 5) is 25.9. The quantitative estimate of drug-likeness (QED) is 0.853. The first kappa shape index (κ1) is 18.3. The van der Waals surface area contributed by atoms with Crippen LogP contribution in [0.4, 0.5) is 18.9 Å². The molecule has 0 aliphatic carbocycles. The van der Waals surface area contributed by atoms with Crippen LogP contribution in [-0.2, 0) is 11.0 Å². The zero-order valence-corrected chi connectivity index (χ0v) is 15.0. The van der Waals surface area contributed by atoms with Crippen LogP contribution in [-0.4, -0.2) is 30.4 Å². The second kappa shape index (κ2) is 7.43. The van der Waals surface area contributed by atoms with Crippen molar-refractivity contribution in [3.05, 3.63) is 26.5 Å².